The van der Waals surface area contributed by atoms with Crippen LogP contribution in [0.3, 0.4) is 0 Å². The van der Waals surface area contributed by atoms with Crippen molar-refractivity contribution in [2.75, 3.05) is 52.6 Å². The van der Waals surface area contributed by atoms with Crippen LogP contribution in [-0.4, -0.2) is 81.3 Å². The van der Waals surface area contributed by atoms with Gasteiger partial charge in [0.2, 0.25) is 5.91 Å². The Hall–Kier alpha value is -1.91. The average Bonchev–Trinajstić information content (AvgIpc) is 2.54. The number of ether oxygens (including phenoxy) is 3. The first-order valence-electron chi connectivity index (χ1n) is 9.02. The third kappa shape index (κ3) is 20.3. The molecule has 0 atom stereocenters. The normalized spacial score (nSPS) is 11.1. The highest BCUT2D eigenvalue weighted by Gasteiger charge is 2.15. The molecule has 0 aromatic carbocycles. The number of amides is 2. The van der Waals surface area contributed by atoms with Crippen molar-refractivity contribution in [2.45, 2.75) is 39.2 Å². The van der Waals surface area contributed by atoms with E-state index >= 15 is 0 Å². The molecule has 0 aliphatic carbocycles. The Labute approximate surface area is 160 Å². The third-order valence-electron chi connectivity index (χ3n) is 2.90. The highest BCUT2D eigenvalue weighted by atomic mass is 16.6. The van der Waals surface area contributed by atoms with Crippen LogP contribution in [0.4, 0.5) is 4.79 Å². The lowest BCUT2D eigenvalue weighted by molar-refractivity contribution is -0.138. The summed E-state index contributed by atoms with van der Waals surface area (Å²) in [6, 6.07) is 0. The first-order valence-corrected chi connectivity index (χ1v) is 9.02. The van der Waals surface area contributed by atoms with Crippen molar-refractivity contribution < 1.29 is 33.7 Å². The van der Waals surface area contributed by atoms with Crippen LogP contribution >= 0.6 is 0 Å². The summed E-state index contributed by atoms with van der Waals surface area (Å²) in [5, 5.41) is 16.9. The standard InChI is InChI=1S/C17H33N3O7/c1-17(2,3)27-16(24)20-9-7-18-6-8-19-14(21)4-10-25-12-13-26-11-5-15(22)23/h18H,4-13H2,1-3H3,(H,19,21)(H,20,24)(H,22,23). The minimum Gasteiger partial charge on any atom is -0.481 e. The number of carboxylic acids is 1. The molecule has 0 saturated heterocycles. The molecule has 158 valence electrons. The fraction of sp³-hybridized carbons (Fsp3) is 0.824. The van der Waals surface area contributed by atoms with Crippen molar-refractivity contribution in [1.82, 2.24) is 16.0 Å². The van der Waals surface area contributed by atoms with Crippen LogP contribution < -0.4 is 16.0 Å². The lowest BCUT2D eigenvalue weighted by Gasteiger charge is -2.19. The molecule has 0 unspecified atom stereocenters. The molecule has 0 aliphatic rings. The summed E-state index contributed by atoms with van der Waals surface area (Å²) in [5.41, 5.74) is -0.515. The molecular weight excluding hydrogens is 358 g/mol. The largest absolute Gasteiger partial charge is 0.481 e. The van der Waals surface area contributed by atoms with Crippen molar-refractivity contribution in [3.63, 3.8) is 0 Å². The molecule has 0 spiro atoms. The van der Waals surface area contributed by atoms with E-state index in [9.17, 15) is 14.4 Å². The van der Waals surface area contributed by atoms with Gasteiger partial charge in [0.1, 0.15) is 5.60 Å². The van der Waals surface area contributed by atoms with Crippen LogP contribution in [-0.2, 0) is 23.8 Å². The maximum Gasteiger partial charge on any atom is 0.407 e. The molecule has 0 aromatic rings. The Kier molecular flexibility index (Phi) is 14.1. The van der Waals surface area contributed by atoms with E-state index in [-0.39, 0.29) is 32.0 Å². The minimum atomic E-state index is -0.901. The zero-order valence-electron chi connectivity index (χ0n) is 16.5. The van der Waals surface area contributed by atoms with Gasteiger partial charge in [-0.1, -0.05) is 0 Å². The number of hydrogen-bond acceptors (Lipinski definition) is 7. The number of hydrogen-bond donors (Lipinski definition) is 4. The molecule has 10 heteroatoms. The zero-order chi connectivity index (χ0) is 20.5. The Morgan fingerprint density at radius 2 is 1.37 bits per heavy atom. The molecule has 0 rings (SSSR count). The quantitative estimate of drug-likeness (QED) is 0.289. The van der Waals surface area contributed by atoms with Crippen LogP contribution in [0.2, 0.25) is 0 Å². The van der Waals surface area contributed by atoms with E-state index in [1.807, 2.05) is 0 Å². The Morgan fingerprint density at radius 1 is 0.815 bits per heavy atom. The van der Waals surface area contributed by atoms with Gasteiger partial charge in [-0.25, -0.2) is 4.79 Å². The van der Waals surface area contributed by atoms with E-state index in [1.165, 1.54) is 0 Å². The van der Waals surface area contributed by atoms with E-state index in [0.29, 0.717) is 39.4 Å². The van der Waals surface area contributed by atoms with Crippen LogP contribution in [0.25, 0.3) is 0 Å². The lowest BCUT2D eigenvalue weighted by Crippen LogP contribution is -2.38. The second kappa shape index (κ2) is 15.2. The average molecular weight is 391 g/mol. The summed E-state index contributed by atoms with van der Waals surface area (Å²) in [6.45, 7) is 8.52. The van der Waals surface area contributed by atoms with Gasteiger partial charge in [-0.15, -0.1) is 0 Å². The maximum absolute atomic E-state index is 11.6. The number of rotatable bonds is 15. The second-order valence-corrected chi connectivity index (χ2v) is 6.65. The van der Waals surface area contributed by atoms with Crippen molar-refractivity contribution in [1.29, 1.82) is 0 Å². The first kappa shape index (κ1) is 25.1. The van der Waals surface area contributed by atoms with Gasteiger partial charge >= 0.3 is 12.1 Å². The summed E-state index contributed by atoms with van der Waals surface area (Å²) >= 11 is 0. The van der Waals surface area contributed by atoms with Gasteiger partial charge in [0.15, 0.2) is 0 Å². The van der Waals surface area contributed by atoms with E-state index in [2.05, 4.69) is 16.0 Å². The number of carbonyl (C=O) groups is 3. The van der Waals surface area contributed by atoms with E-state index in [4.69, 9.17) is 19.3 Å². The predicted octanol–water partition coefficient (Wildman–Crippen LogP) is 0.115. The summed E-state index contributed by atoms with van der Waals surface area (Å²) in [6.07, 6.45) is -0.243. The van der Waals surface area contributed by atoms with Gasteiger partial charge < -0.3 is 35.3 Å². The second-order valence-electron chi connectivity index (χ2n) is 6.65. The molecular formula is C17H33N3O7. The van der Waals surface area contributed by atoms with Crippen LogP contribution in [0.15, 0.2) is 0 Å². The van der Waals surface area contributed by atoms with Crippen molar-refractivity contribution >= 4 is 18.0 Å². The molecule has 0 saturated carbocycles. The van der Waals surface area contributed by atoms with Gasteiger partial charge in [-0.05, 0) is 20.8 Å². The third-order valence-corrected chi connectivity index (χ3v) is 2.90. The summed E-state index contributed by atoms with van der Waals surface area (Å²) in [5.74, 6) is -1.02. The number of aliphatic carboxylic acids is 1. The van der Waals surface area contributed by atoms with Crippen molar-refractivity contribution in [2.24, 2.45) is 0 Å². The van der Waals surface area contributed by atoms with Gasteiger partial charge in [0.25, 0.3) is 0 Å². The SMILES string of the molecule is CC(C)(C)OC(=O)NCCNCCNC(=O)CCOCCOCCC(=O)O. The van der Waals surface area contributed by atoms with Crippen LogP contribution in [0, 0.1) is 0 Å². The molecule has 0 bridgehead atoms. The highest BCUT2D eigenvalue weighted by Crippen LogP contribution is 2.05. The van der Waals surface area contributed by atoms with E-state index in [1.54, 1.807) is 20.8 Å². The molecule has 2 amide bonds. The molecule has 27 heavy (non-hydrogen) atoms. The molecule has 4 N–H and O–H groups in total. The van der Waals surface area contributed by atoms with Gasteiger partial charge in [0.05, 0.1) is 32.8 Å². The molecule has 0 heterocycles. The fourth-order valence-electron chi connectivity index (χ4n) is 1.72. The molecule has 0 fully saturated rings. The molecule has 10 nitrogen and oxygen atoms in total. The van der Waals surface area contributed by atoms with E-state index < -0.39 is 17.7 Å². The number of carbonyl (C=O) groups excluding carboxylic acids is 2. The Balaban J connectivity index is 3.35. The summed E-state index contributed by atoms with van der Waals surface area (Å²) in [4.78, 5) is 33.2. The van der Waals surface area contributed by atoms with Gasteiger partial charge in [-0.2, -0.15) is 0 Å². The lowest BCUT2D eigenvalue weighted by atomic mass is 10.2. The van der Waals surface area contributed by atoms with E-state index in [0.717, 1.165) is 0 Å². The molecule has 0 aromatic heterocycles. The smallest absolute Gasteiger partial charge is 0.407 e. The minimum absolute atomic E-state index is 0.0342. The van der Waals surface area contributed by atoms with Crippen molar-refractivity contribution in [3.05, 3.63) is 0 Å². The van der Waals surface area contributed by atoms with Gasteiger partial charge in [0, 0.05) is 32.6 Å². The number of carboxylic acid groups (broad SMARTS) is 1. The summed E-state index contributed by atoms with van der Waals surface area (Å²) < 4.78 is 15.4. The number of nitrogens with one attached hydrogen (secondary N) is 3. The fourth-order valence-corrected chi connectivity index (χ4v) is 1.72. The molecule has 0 aliphatic heterocycles. The predicted molar refractivity (Wildman–Crippen MR) is 98.6 cm³/mol. The Bertz CT molecular complexity index is 439. The maximum atomic E-state index is 11.6. The van der Waals surface area contributed by atoms with Crippen molar-refractivity contribution in [3.8, 4) is 0 Å². The number of alkyl carbamates (subject to hydrolysis) is 1. The van der Waals surface area contributed by atoms with Gasteiger partial charge in [-0.3, -0.25) is 9.59 Å². The highest BCUT2D eigenvalue weighted by molar-refractivity contribution is 5.75. The Morgan fingerprint density at radius 3 is 1.93 bits per heavy atom. The van der Waals surface area contributed by atoms with Crippen LogP contribution in [0.1, 0.15) is 33.6 Å². The summed E-state index contributed by atoms with van der Waals surface area (Å²) in [7, 11) is 0. The topological polar surface area (TPSA) is 135 Å². The molecule has 0 radical (unpaired) electrons. The first-order chi connectivity index (χ1) is 12.7. The van der Waals surface area contributed by atoms with Crippen LogP contribution in [0.5, 0.6) is 0 Å². The monoisotopic (exact) mass is 391 g/mol. The zero-order valence-corrected chi connectivity index (χ0v) is 16.5.